The molecule has 9 heteroatoms. The third kappa shape index (κ3) is 7.74. The highest BCUT2D eigenvalue weighted by atomic mass is 32.1. The number of nitrogens with zero attached hydrogens (tertiary/aromatic N) is 6. The summed E-state index contributed by atoms with van der Waals surface area (Å²) in [7, 11) is 2.15. The van der Waals surface area contributed by atoms with Crippen LogP contribution < -0.4 is 5.59 Å². The largest absolute Gasteiger partial charge is 0.436 e. The molecule has 0 aliphatic heterocycles. The third-order valence-electron chi connectivity index (χ3n) is 11.2. The van der Waals surface area contributed by atoms with Gasteiger partial charge in [0.25, 0.3) is 0 Å². The van der Waals surface area contributed by atoms with Crippen LogP contribution in [0, 0.1) is 6.92 Å². The minimum Gasteiger partial charge on any atom is -0.436 e. The topological polar surface area (TPSA) is 82.5 Å². The fraction of sp³-hybridized carbons (Fsp3) is 0.0364. The predicted octanol–water partition coefficient (Wildman–Crippen LogP) is 13.4. The van der Waals surface area contributed by atoms with E-state index in [9.17, 15) is 0 Å². The van der Waals surface area contributed by atoms with Gasteiger partial charge in [-0.25, -0.2) is 24.9 Å². The molecule has 0 fully saturated rings. The lowest BCUT2D eigenvalue weighted by atomic mass is 9.74. The van der Waals surface area contributed by atoms with Crippen molar-refractivity contribution in [3.63, 3.8) is 0 Å². The van der Waals surface area contributed by atoms with E-state index < -0.39 is 0 Å². The fourth-order valence-corrected chi connectivity index (χ4v) is 8.97. The van der Waals surface area contributed by atoms with Gasteiger partial charge in [0.15, 0.2) is 30.3 Å². The number of hydrogen-bond donors (Lipinski definition) is 0. The van der Waals surface area contributed by atoms with Gasteiger partial charge in [0.1, 0.15) is 10.5 Å². The molecule has 4 heterocycles. The average Bonchev–Trinajstić information content (AvgIpc) is 4.06. The van der Waals surface area contributed by atoms with Crippen molar-refractivity contribution < 1.29 is 4.42 Å². The van der Waals surface area contributed by atoms with Crippen LogP contribution in [-0.2, 0) is 0 Å². The molecule has 64 heavy (non-hydrogen) atoms. The Hall–Kier alpha value is -8.01. The van der Waals surface area contributed by atoms with Gasteiger partial charge in [0.2, 0.25) is 5.89 Å². The second kappa shape index (κ2) is 17.4. The van der Waals surface area contributed by atoms with Crippen LogP contribution >= 0.6 is 11.3 Å². The van der Waals surface area contributed by atoms with Crippen LogP contribution in [0.15, 0.2) is 187 Å². The van der Waals surface area contributed by atoms with Gasteiger partial charge >= 0.3 is 0 Å². The van der Waals surface area contributed by atoms with Gasteiger partial charge in [0.05, 0.1) is 10.2 Å². The number of allylic oxidation sites excluding steroid dienone is 4. The number of rotatable bonds is 12. The third-order valence-corrected chi connectivity index (χ3v) is 12.2. The second-order valence-corrected chi connectivity index (χ2v) is 16.2. The van der Waals surface area contributed by atoms with Crippen LogP contribution in [0.4, 0.5) is 0 Å². The second-order valence-electron chi connectivity index (χ2n) is 15.2. The van der Waals surface area contributed by atoms with Crippen LogP contribution in [0.2, 0.25) is 6.82 Å². The maximum Gasteiger partial charge on any atom is 0.227 e. The van der Waals surface area contributed by atoms with Gasteiger partial charge in [-0.3, -0.25) is 0 Å². The van der Waals surface area contributed by atoms with Crippen molar-refractivity contribution in [2.24, 2.45) is 0 Å². The predicted molar refractivity (Wildman–Crippen MR) is 267 cm³/mol. The Labute approximate surface area is 376 Å². The number of aromatic nitrogens is 6. The zero-order chi connectivity index (χ0) is 43.6. The van der Waals surface area contributed by atoms with Gasteiger partial charge in [0, 0.05) is 44.8 Å². The van der Waals surface area contributed by atoms with E-state index in [1.807, 2.05) is 109 Å². The van der Waals surface area contributed by atoms with Crippen molar-refractivity contribution in [2.45, 2.75) is 13.7 Å². The van der Waals surface area contributed by atoms with Crippen LogP contribution in [-0.4, -0.2) is 36.8 Å². The van der Waals surface area contributed by atoms with Crippen molar-refractivity contribution in [3.8, 4) is 61.9 Å². The molecule has 305 valence electrons. The van der Waals surface area contributed by atoms with Gasteiger partial charge in [-0.2, -0.15) is 0 Å². The van der Waals surface area contributed by atoms with Crippen LogP contribution in [0.25, 0.3) is 101 Å². The summed E-state index contributed by atoms with van der Waals surface area (Å²) in [4.78, 5) is 24.8. The first-order valence-electron chi connectivity index (χ1n) is 21.0. The molecule has 0 atom stereocenters. The van der Waals surface area contributed by atoms with Gasteiger partial charge < -0.3 is 8.98 Å². The average molecular weight is 844 g/mol. The Morgan fingerprint density at radius 1 is 0.625 bits per heavy atom. The van der Waals surface area contributed by atoms with Gasteiger partial charge in [-0.05, 0) is 89.9 Å². The lowest BCUT2D eigenvalue weighted by Crippen LogP contribution is -2.24. The summed E-state index contributed by atoms with van der Waals surface area (Å²) in [5, 5.41) is 0.917. The highest BCUT2D eigenvalue weighted by Gasteiger charge is 2.20. The Morgan fingerprint density at radius 3 is 1.94 bits per heavy atom. The smallest absolute Gasteiger partial charge is 0.227 e. The summed E-state index contributed by atoms with van der Waals surface area (Å²) in [6.45, 7) is 12.5. The highest BCUT2D eigenvalue weighted by Crippen LogP contribution is 2.36. The molecule has 0 spiro atoms. The number of fused-ring (bicyclic) bond motifs is 2. The molecule has 0 unspecified atom stereocenters. The highest BCUT2D eigenvalue weighted by molar-refractivity contribution is 7.21. The molecule has 0 saturated heterocycles. The van der Waals surface area contributed by atoms with E-state index in [-0.39, 0.29) is 0 Å². The molecule has 6 aromatic carbocycles. The summed E-state index contributed by atoms with van der Waals surface area (Å²) in [6, 6.07) is 50.9. The van der Waals surface area contributed by atoms with Crippen LogP contribution in [0.5, 0.6) is 0 Å². The number of oxazole rings is 1. The first-order valence-corrected chi connectivity index (χ1v) is 21.8. The van der Waals surface area contributed by atoms with Gasteiger partial charge in [-0.15, -0.1) is 11.3 Å². The maximum absolute atomic E-state index is 6.17. The van der Waals surface area contributed by atoms with Crippen molar-refractivity contribution in [2.75, 3.05) is 0 Å². The normalized spacial score (nSPS) is 11.8. The maximum atomic E-state index is 6.17. The Balaban J connectivity index is 1.01. The summed E-state index contributed by atoms with van der Waals surface area (Å²) in [6.07, 6.45) is 10.1. The quantitative estimate of drug-likeness (QED) is 0.0900. The minimum absolute atomic E-state index is 0.595. The van der Waals surface area contributed by atoms with E-state index in [1.54, 1.807) is 17.4 Å². The molecule has 10 rings (SSSR count). The molecule has 0 aliphatic rings. The van der Waals surface area contributed by atoms with Gasteiger partial charge in [-0.1, -0.05) is 141 Å². The van der Waals surface area contributed by atoms with Crippen LogP contribution in [0.3, 0.4) is 0 Å². The molecular weight excluding hydrogens is 804 g/mol. The van der Waals surface area contributed by atoms with E-state index in [0.717, 1.165) is 93.4 Å². The zero-order valence-electron chi connectivity index (χ0n) is 35.3. The standard InChI is InChI=1S/C55H40BN6OS/c1-5-7-26-44-35(3)62(43-28-29-48-46(34-43)57-54(63-48)39-22-15-10-16-23-39)50(56-4)45(44)32-36(6-2)40-24-17-25-42(31-40)55-58-47-33-41(27-30-49(47)64-55)53-60-51(37-18-11-8-12-19-37)59-52(61-53)38-20-13-9-14-21-38/h5-34H,1-2H2,3-4H3/b26-7-,36-32+. The molecule has 0 saturated carbocycles. The molecule has 0 amide bonds. The van der Waals surface area contributed by atoms with Crippen molar-refractivity contribution in [3.05, 3.63) is 205 Å². The fourth-order valence-electron chi connectivity index (χ4n) is 8.03. The first kappa shape index (κ1) is 40.1. The van der Waals surface area contributed by atoms with E-state index in [2.05, 4.69) is 106 Å². The first-order chi connectivity index (χ1) is 31.5. The molecule has 4 aromatic heterocycles. The molecule has 0 bridgehead atoms. The lowest BCUT2D eigenvalue weighted by molar-refractivity contribution is 0.620. The van der Waals surface area contributed by atoms with Crippen molar-refractivity contribution in [1.29, 1.82) is 0 Å². The summed E-state index contributed by atoms with van der Waals surface area (Å²) < 4.78 is 9.52. The zero-order valence-corrected chi connectivity index (χ0v) is 36.1. The Bertz CT molecular complexity index is 3360. The molecule has 0 N–H and O–H groups in total. The number of hydrogen-bond acceptors (Lipinski definition) is 7. The summed E-state index contributed by atoms with van der Waals surface area (Å²) in [5.41, 5.74) is 14.4. The van der Waals surface area contributed by atoms with E-state index in [1.165, 1.54) is 0 Å². The van der Waals surface area contributed by atoms with E-state index >= 15 is 0 Å². The summed E-state index contributed by atoms with van der Waals surface area (Å²) >= 11 is 1.66. The minimum atomic E-state index is 0.595. The van der Waals surface area contributed by atoms with Crippen LogP contribution in [0.1, 0.15) is 22.4 Å². The number of benzene rings is 6. The van der Waals surface area contributed by atoms with Crippen molar-refractivity contribution in [1.82, 2.24) is 29.5 Å². The molecule has 1 radical (unpaired) electrons. The molecule has 10 aromatic rings. The molecule has 0 aliphatic carbocycles. The lowest BCUT2D eigenvalue weighted by Gasteiger charge is -2.12. The SMILES string of the molecule is C=C/C=C\c1c(/C=C(\C=C)c2cccc(-c3nc4cc(-c5nc(-c6ccccc6)nc(-c6ccccc6)n5)ccc4s3)c2)c([B]C)n(-c2ccc3oc(-c4ccccc4)nc3c2)c1C. The monoisotopic (exact) mass is 843 g/mol. The molecular formula is C55H40BN6OS. The number of thiazole rings is 1. The van der Waals surface area contributed by atoms with E-state index in [4.69, 9.17) is 29.3 Å². The Morgan fingerprint density at radius 2 is 1.28 bits per heavy atom. The summed E-state index contributed by atoms with van der Waals surface area (Å²) in [5.74, 6) is 2.44. The van der Waals surface area contributed by atoms with E-state index in [0.29, 0.717) is 23.4 Å². The Kier molecular flexibility index (Phi) is 10.9. The van der Waals surface area contributed by atoms with Crippen molar-refractivity contribution >= 4 is 63.3 Å². The molecule has 7 nitrogen and oxygen atoms in total.